The van der Waals surface area contributed by atoms with Crippen LogP contribution in [0.3, 0.4) is 0 Å². The third kappa shape index (κ3) is 3.02. The summed E-state index contributed by atoms with van der Waals surface area (Å²) in [5.41, 5.74) is 5.56. The quantitative estimate of drug-likeness (QED) is 0.840. The van der Waals surface area contributed by atoms with Crippen molar-refractivity contribution >= 4 is 11.8 Å². The highest BCUT2D eigenvalue weighted by atomic mass is 16.5. The number of hydrogen-bond donors (Lipinski definition) is 1. The standard InChI is InChI=1S/C14H20N4O3/c1-10-12(17-6-5-16-10)13(20)18-7-3-4-14(18,9-21-2)8-11(15)19/h5-6H,3-4,7-9H2,1-2H3,(H2,15,19)/t14-/m0/s1. The molecule has 0 spiro atoms. The van der Waals surface area contributed by atoms with E-state index in [0.717, 1.165) is 6.42 Å². The van der Waals surface area contributed by atoms with Gasteiger partial charge in [-0.15, -0.1) is 0 Å². The average Bonchev–Trinajstić information content (AvgIpc) is 2.81. The molecule has 0 aliphatic carbocycles. The third-order valence-corrected chi connectivity index (χ3v) is 3.84. The van der Waals surface area contributed by atoms with Gasteiger partial charge in [-0.25, -0.2) is 4.98 Å². The van der Waals surface area contributed by atoms with Crippen LogP contribution in [0.25, 0.3) is 0 Å². The largest absolute Gasteiger partial charge is 0.382 e. The van der Waals surface area contributed by atoms with Crippen molar-refractivity contribution in [2.45, 2.75) is 31.7 Å². The van der Waals surface area contributed by atoms with Gasteiger partial charge in [0.2, 0.25) is 5.91 Å². The van der Waals surface area contributed by atoms with E-state index in [4.69, 9.17) is 10.5 Å². The molecule has 1 atom stereocenters. The Morgan fingerprint density at radius 3 is 2.76 bits per heavy atom. The fourth-order valence-corrected chi connectivity index (χ4v) is 2.98. The second-order valence-electron chi connectivity index (χ2n) is 5.35. The van der Waals surface area contributed by atoms with Crippen LogP contribution < -0.4 is 5.73 Å². The highest BCUT2D eigenvalue weighted by Gasteiger charge is 2.45. The number of aromatic nitrogens is 2. The predicted octanol–water partition coefficient (Wildman–Crippen LogP) is 0.282. The predicted molar refractivity (Wildman–Crippen MR) is 75.5 cm³/mol. The third-order valence-electron chi connectivity index (χ3n) is 3.84. The smallest absolute Gasteiger partial charge is 0.274 e. The molecular weight excluding hydrogens is 272 g/mol. The van der Waals surface area contributed by atoms with Gasteiger partial charge >= 0.3 is 0 Å². The summed E-state index contributed by atoms with van der Waals surface area (Å²) in [5, 5.41) is 0. The van der Waals surface area contributed by atoms with E-state index < -0.39 is 11.4 Å². The Kier molecular flexibility index (Phi) is 4.52. The van der Waals surface area contributed by atoms with Crippen molar-refractivity contribution in [3.63, 3.8) is 0 Å². The van der Waals surface area contributed by atoms with E-state index in [-0.39, 0.29) is 18.9 Å². The zero-order valence-corrected chi connectivity index (χ0v) is 12.3. The first-order valence-electron chi connectivity index (χ1n) is 6.87. The number of nitrogens with two attached hydrogens (primary N) is 1. The van der Waals surface area contributed by atoms with Crippen molar-refractivity contribution in [1.82, 2.24) is 14.9 Å². The fourth-order valence-electron chi connectivity index (χ4n) is 2.98. The van der Waals surface area contributed by atoms with E-state index in [1.807, 2.05) is 0 Å². The monoisotopic (exact) mass is 292 g/mol. The molecule has 2 rings (SSSR count). The highest BCUT2D eigenvalue weighted by molar-refractivity contribution is 5.94. The minimum absolute atomic E-state index is 0.0892. The summed E-state index contributed by atoms with van der Waals surface area (Å²) < 4.78 is 5.24. The van der Waals surface area contributed by atoms with Crippen LogP contribution in [0.2, 0.25) is 0 Å². The summed E-state index contributed by atoms with van der Waals surface area (Å²) in [6.45, 7) is 2.58. The summed E-state index contributed by atoms with van der Waals surface area (Å²) in [6.07, 6.45) is 4.62. The number of carbonyl (C=O) groups is 2. The second kappa shape index (κ2) is 6.17. The molecule has 1 saturated heterocycles. The van der Waals surface area contributed by atoms with E-state index in [2.05, 4.69) is 9.97 Å². The van der Waals surface area contributed by atoms with Crippen molar-refractivity contribution in [2.24, 2.45) is 5.73 Å². The number of methoxy groups -OCH3 is 1. The van der Waals surface area contributed by atoms with Crippen LogP contribution >= 0.6 is 0 Å². The van der Waals surface area contributed by atoms with Crippen molar-refractivity contribution in [1.29, 1.82) is 0 Å². The molecule has 2 heterocycles. The van der Waals surface area contributed by atoms with Crippen molar-refractivity contribution in [2.75, 3.05) is 20.3 Å². The summed E-state index contributed by atoms with van der Waals surface area (Å²) in [7, 11) is 1.55. The van der Waals surface area contributed by atoms with Gasteiger partial charge in [0.1, 0.15) is 5.69 Å². The van der Waals surface area contributed by atoms with Gasteiger partial charge in [0, 0.05) is 26.0 Å². The number of amides is 2. The number of ether oxygens (including phenoxy) is 1. The first kappa shape index (κ1) is 15.4. The van der Waals surface area contributed by atoms with Gasteiger partial charge in [0.15, 0.2) is 0 Å². The minimum atomic E-state index is -0.679. The number of aryl methyl sites for hydroxylation is 1. The Hall–Kier alpha value is -2.02. The number of rotatable bonds is 5. The second-order valence-corrected chi connectivity index (χ2v) is 5.35. The molecule has 2 amide bonds. The summed E-state index contributed by atoms with van der Waals surface area (Å²) in [6, 6.07) is 0. The van der Waals surface area contributed by atoms with Crippen LogP contribution in [-0.2, 0) is 9.53 Å². The van der Waals surface area contributed by atoms with E-state index in [1.165, 1.54) is 6.20 Å². The molecule has 0 radical (unpaired) electrons. The van der Waals surface area contributed by atoms with Gasteiger partial charge in [-0.3, -0.25) is 14.6 Å². The summed E-state index contributed by atoms with van der Waals surface area (Å²) >= 11 is 0. The average molecular weight is 292 g/mol. The van der Waals surface area contributed by atoms with E-state index >= 15 is 0 Å². The molecule has 114 valence electrons. The molecule has 2 N–H and O–H groups in total. The van der Waals surface area contributed by atoms with Crippen LogP contribution in [0, 0.1) is 6.92 Å². The Morgan fingerprint density at radius 1 is 1.43 bits per heavy atom. The molecule has 0 saturated carbocycles. The first-order valence-corrected chi connectivity index (χ1v) is 6.87. The molecule has 1 aliphatic heterocycles. The SMILES string of the molecule is COC[C@@]1(CC(N)=O)CCCN1C(=O)c1nccnc1C. The molecule has 7 heteroatoms. The van der Waals surface area contributed by atoms with Crippen molar-refractivity contribution in [3.8, 4) is 0 Å². The summed E-state index contributed by atoms with van der Waals surface area (Å²) in [4.78, 5) is 34.0. The number of hydrogen-bond acceptors (Lipinski definition) is 5. The van der Waals surface area contributed by atoms with E-state index in [0.29, 0.717) is 24.4 Å². The van der Waals surface area contributed by atoms with E-state index in [9.17, 15) is 9.59 Å². The van der Waals surface area contributed by atoms with Gasteiger partial charge in [-0.1, -0.05) is 0 Å². The van der Waals surface area contributed by atoms with Crippen LogP contribution in [-0.4, -0.2) is 52.5 Å². The number of carbonyl (C=O) groups excluding carboxylic acids is 2. The summed E-state index contributed by atoms with van der Waals surface area (Å²) in [5.74, 6) is -0.668. The Balaban J connectivity index is 2.33. The topological polar surface area (TPSA) is 98.4 Å². The highest BCUT2D eigenvalue weighted by Crippen LogP contribution is 2.34. The van der Waals surface area contributed by atoms with E-state index in [1.54, 1.807) is 25.1 Å². The lowest BCUT2D eigenvalue weighted by Crippen LogP contribution is -2.52. The van der Waals surface area contributed by atoms with Gasteiger partial charge in [-0.2, -0.15) is 0 Å². The maximum atomic E-state index is 12.8. The lowest BCUT2D eigenvalue weighted by molar-refractivity contribution is -0.121. The maximum Gasteiger partial charge on any atom is 0.274 e. The van der Waals surface area contributed by atoms with Crippen LogP contribution in [0.1, 0.15) is 35.4 Å². The molecule has 1 aromatic heterocycles. The number of likely N-dealkylation sites (tertiary alicyclic amines) is 1. The maximum absolute atomic E-state index is 12.8. The van der Waals surface area contributed by atoms with Crippen LogP contribution in [0.5, 0.6) is 0 Å². The van der Waals surface area contributed by atoms with Crippen LogP contribution in [0.4, 0.5) is 0 Å². The van der Waals surface area contributed by atoms with Crippen molar-refractivity contribution in [3.05, 3.63) is 23.8 Å². The zero-order chi connectivity index (χ0) is 15.5. The van der Waals surface area contributed by atoms with Crippen molar-refractivity contribution < 1.29 is 14.3 Å². The van der Waals surface area contributed by atoms with Gasteiger partial charge in [-0.05, 0) is 19.8 Å². The Labute approximate surface area is 123 Å². The molecule has 1 aliphatic rings. The lowest BCUT2D eigenvalue weighted by Gasteiger charge is -2.37. The van der Waals surface area contributed by atoms with Gasteiger partial charge < -0.3 is 15.4 Å². The van der Waals surface area contributed by atoms with Gasteiger partial charge in [0.25, 0.3) is 5.91 Å². The molecular formula is C14H20N4O3. The molecule has 21 heavy (non-hydrogen) atoms. The Bertz CT molecular complexity index is 549. The first-order chi connectivity index (χ1) is 10.00. The normalized spacial score (nSPS) is 21.5. The van der Waals surface area contributed by atoms with Crippen LogP contribution in [0.15, 0.2) is 12.4 Å². The molecule has 1 fully saturated rings. The molecule has 0 bridgehead atoms. The zero-order valence-electron chi connectivity index (χ0n) is 12.3. The van der Waals surface area contributed by atoms with Gasteiger partial charge in [0.05, 0.1) is 24.3 Å². The Morgan fingerprint density at radius 2 is 2.14 bits per heavy atom. The lowest BCUT2D eigenvalue weighted by atomic mass is 9.92. The molecule has 0 unspecified atom stereocenters. The molecule has 0 aromatic carbocycles. The molecule has 7 nitrogen and oxygen atoms in total. The number of nitrogens with zero attached hydrogens (tertiary/aromatic N) is 3. The minimum Gasteiger partial charge on any atom is -0.382 e. The molecule has 1 aromatic rings. The fraction of sp³-hybridized carbons (Fsp3) is 0.571. The number of primary amides is 1.